The lowest BCUT2D eigenvalue weighted by atomic mass is 10.1. The van der Waals surface area contributed by atoms with Crippen LogP contribution in [0.4, 0.5) is 5.13 Å². The van der Waals surface area contributed by atoms with Crippen molar-refractivity contribution in [1.82, 2.24) is 4.98 Å². The number of carbonyl (C=O) groups is 2. The summed E-state index contributed by atoms with van der Waals surface area (Å²) in [4.78, 5) is 29.4. The van der Waals surface area contributed by atoms with Gasteiger partial charge in [0.15, 0.2) is 5.13 Å². The van der Waals surface area contributed by atoms with Crippen LogP contribution in [0.5, 0.6) is 0 Å². The second-order valence-corrected chi connectivity index (χ2v) is 8.43. The quantitative estimate of drug-likeness (QED) is 0.594. The van der Waals surface area contributed by atoms with Gasteiger partial charge in [-0.3, -0.25) is 4.79 Å². The first-order chi connectivity index (χ1) is 11.8. The lowest BCUT2D eigenvalue weighted by Crippen LogP contribution is -2.25. The van der Waals surface area contributed by atoms with Gasteiger partial charge >= 0.3 is 5.97 Å². The minimum atomic E-state index is -1.07. The van der Waals surface area contributed by atoms with Crippen LogP contribution in [-0.4, -0.2) is 27.8 Å². The van der Waals surface area contributed by atoms with E-state index in [9.17, 15) is 9.59 Å². The molecule has 0 aliphatic heterocycles. The summed E-state index contributed by atoms with van der Waals surface area (Å²) in [6.45, 7) is 3.68. The number of aromatic nitrogens is 1. The van der Waals surface area contributed by atoms with Crippen LogP contribution >= 0.6 is 34.5 Å². The molecule has 132 valence electrons. The van der Waals surface area contributed by atoms with Crippen LogP contribution in [0.2, 0.25) is 0 Å². The number of nitrogens with zero attached hydrogens (tertiary/aromatic N) is 1. The van der Waals surface area contributed by atoms with Crippen LogP contribution in [0.3, 0.4) is 0 Å². The van der Waals surface area contributed by atoms with Gasteiger partial charge < -0.3 is 10.1 Å². The molecule has 25 heavy (non-hydrogen) atoms. The SMILES string of the molecule is CCOC(=O)c1sc(NC(=O)C2(C)CC2(Cl)Cl)nc1-c1ccccc1. The number of rotatable bonds is 5. The van der Waals surface area contributed by atoms with Gasteiger partial charge in [0.25, 0.3) is 0 Å². The molecule has 1 aliphatic rings. The molecule has 1 unspecified atom stereocenters. The molecule has 1 fully saturated rings. The van der Waals surface area contributed by atoms with Gasteiger partial charge in [-0.1, -0.05) is 41.7 Å². The molecule has 0 bridgehead atoms. The van der Waals surface area contributed by atoms with Gasteiger partial charge in [0, 0.05) is 5.56 Å². The Balaban J connectivity index is 1.91. The lowest BCUT2D eigenvalue weighted by Gasteiger charge is -2.10. The topological polar surface area (TPSA) is 68.3 Å². The molecule has 1 atom stereocenters. The summed E-state index contributed by atoms with van der Waals surface area (Å²) in [7, 11) is 0. The molecule has 8 heteroatoms. The highest BCUT2D eigenvalue weighted by atomic mass is 35.5. The Kier molecular flexibility index (Phi) is 4.79. The van der Waals surface area contributed by atoms with Crippen molar-refractivity contribution in [3.05, 3.63) is 35.2 Å². The van der Waals surface area contributed by atoms with E-state index in [0.29, 0.717) is 22.1 Å². The van der Waals surface area contributed by atoms with Gasteiger partial charge in [0.2, 0.25) is 5.91 Å². The van der Waals surface area contributed by atoms with E-state index in [2.05, 4.69) is 10.3 Å². The molecule has 0 saturated heterocycles. The smallest absolute Gasteiger partial charge is 0.350 e. The molecule has 1 aromatic heterocycles. The summed E-state index contributed by atoms with van der Waals surface area (Å²) in [5.74, 6) is -0.790. The molecule has 0 radical (unpaired) electrons. The van der Waals surface area contributed by atoms with Gasteiger partial charge in [-0.15, -0.1) is 23.2 Å². The Morgan fingerprint density at radius 2 is 1.96 bits per heavy atom. The molecular formula is C17H16Cl2N2O3S. The highest BCUT2D eigenvalue weighted by Crippen LogP contribution is 2.64. The maximum absolute atomic E-state index is 12.4. The molecule has 1 aromatic carbocycles. The third-order valence-electron chi connectivity index (χ3n) is 4.11. The first kappa shape index (κ1) is 18.2. The Morgan fingerprint density at radius 3 is 2.52 bits per heavy atom. The van der Waals surface area contributed by atoms with Gasteiger partial charge in [0.1, 0.15) is 9.21 Å². The van der Waals surface area contributed by atoms with E-state index in [4.69, 9.17) is 27.9 Å². The van der Waals surface area contributed by atoms with Crippen LogP contribution in [0.1, 0.15) is 29.9 Å². The number of amides is 1. The van der Waals surface area contributed by atoms with Crippen LogP contribution in [0.25, 0.3) is 11.3 Å². The van der Waals surface area contributed by atoms with Crippen molar-refractivity contribution < 1.29 is 14.3 Å². The van der Waals surface area contributed by atoms with E-state index in [-0.39, 0.29) is 12.5 Å². The summed E-state index contributed by atoms with van der Waals surface area (Å²) in [5, 5.41) is 3.03. The van der Waals surface area contributed by atoms with Crippen molar-refractivity contribution >= 4 is 51.5 Å². The van der Waals surface area contributed by atoms with Gasteiger partial charge in [-0.05, 0) is 20.3 Å². The standard InChI is InChI=1S/C17H16Cl2N2O3S/c1-3-24-13(22)12-11(10-7-5-4-6-8-10)20-15(25-12)21-14(23)16(2)9-17(16,18)19/h4-8H,3,9H2,1-2H3,(H,20,21,23). The molecular weight excluding hydrogens is 383 g/mol. The molecule has 1 aliphatic carbocycles. The average molecular weight is 399 g/mol. The lowest BCUT2D eigenvalue weighted by molar-refractivity contribution is -0.120. The van der Waals surface area contributed by atoms with Crippen molar-refractivity contribution in [2.24, 2.45) is 5.41 Å². The summed E-state index contributed by atoms with van der Waals surface area (Å²) in [6, 6.07) is 9.25. The number of halogens is 2. The number of hydrogen-bond acceptors (Lipinski definition) is 5. The van der Waals surface area contributed by atoms with E-state index in [1.165, 1.54) is 0 Å². The Bertz CT molecular complexity index is 823. The zero-order valence-corrected chi connectivity index (χ0v) is 16.0. The molecule has 3 rings (SSSR count). The summed E-state index contributed by atoms with van der Waals surface area (Å²) in [5.41, 5.74) is 0.381. The number of benzene rings is 1. The minimum absolute atomic E-state index is 0.256. The molecule has 5 nitrogen and oxygen atoms in total. The molecule has 0 spiro atoms. The van der Waals surface area contributed by atoms with E-state index in [0.717, 1.165) is 16.9 Å². The second kappa shape index (κ2) is 6.59. The summed E-state index contributed by atoms with van der Waals surface area (Å²) < 4.78 is 4.03. The maximum Gasteiger partial charge on any atom is 0.350 e. The monoisotopic (exact) mass is 398 g/mol. The van der Waals surface area contributed by atoms with E-state index in [1.807, 2.05) is 30.3 Å². The van der Waals surface area contributed by atoms with Crippen LogP contribution in [0, 0.1) is 5.41 Å². The van der Waals surface area contributed by atoms with Crippen LogP contribution < -0.4 is 5.32 Å². The largest absolute Gasteiger partial charge is 0.462 e. The van der Waals surface area contributed by atoms with Crippen LogP contribution in [0.15, 0.2) is 30.3 Å². The number of alkyl halides is 2. The maximum atomic E-state index is 12.4. The van der Waals surface area contributed by atoms with Crippen LogP contribution in [-0.2, 0) is 9.53 Å². The third kappa shape index (κ3) is 3.38. The number of hydrogen-bond donors (Lipinski definition) is 1. The first-order valence-corrected chi connectivity index (χ1v) is 9.28. The number of thiazole rings is 1. The third-order valence-corrected chi connectivity index (χ3v) is 6.17. The Morgan fingerprint density at radius 1 is 1.32 bits per heavy atom. The fraction of sp³-hybridized carbons (Fsp3) is 0.353. The van der Waals surface area contributed by atoms with Crippen molar-refractivity contribution in [2.45, 2.75) is 24.6 Å². The van der Waals surface area contributed by atoms with Crippen molar-refractivity contribution in [3.8, 4) is 11.3 Å². The summed E-state index contributed by atoms with van der Waals surface area (Å²) >= 11 is 13.2. The fourth-order valence-corrected chi connectivity index (χ4v) is 3.96. The molecule has 1 N–H and O–H groups in total. The highest BCUT2D eigenvalue weighted by molar-refractivity contribution is 7.18. The number of nitrogens with one attached hydrogen (secondary N) is 1. The van der Waals surface area contributed by atoms with Crippen molar-refractivity contribution in [3.63, 3.8) is 0 Å². The number of carbonyl (C=O) groups excluding carboxylic acids is 2. The fourth-order valence-electron chi connectivity index (χ4n) is 2.38. The molecule has 1 heterocycles. The predicted octanol–water partition coefficient (Wildman–Crippen LogP) is 4.51. The number of esters is 1. The van der Waals surface area contributed by atoms with Gasteiger partial charge in [0.05, 0.1) is 17.7 Å². The Labute approximate surface area is 159 Å². The second-order valence-electron chi connectivity index (χ2n) is 5.95. The Hall–Kier alpha value is -1.63. The van der Waals surface area contributed by atoms with E-state index in [1.54, 1.807) is 13.8 Å². The van der Waals surface area contributed by atoms with E-state index >= 15 is 0 Å². The van der Waals surface area contributed by atoms with Gasteiger partial charge in [-0.25, -0.2) is 9.78 Å². The highest BCUT2D eigenvalue weighted by Gasteiger charge is 2.68. The number of ether oxygens (including phenoxy) is 1. The van der Waals surface area contributed by atoms with E-state index < -0.39 is 15.7 Å². The first-order valence-electron chi connectivity index (χ1n) is 7.71. The van der Waals surface area contributed by atoms with Crippen molar-refractivity contribution in [1.29, 1.82) is 0 Å². The average Bonchev–Trinajstić information content (AvgIpc) is 2.93. The van der Waals surface area contributed by atoms with Gasteiger partial charge in [-0.2, -0.15) is 0 Å². The molecule has 1 saturated carbocycles. The zero-order valence-electron chi connectivity index (χ0n) is 13.6. The van der Waals surface area contributed by atoms with Crippen molar-refractivity contribution in [2.75, 3.05) is 11.9 Å². The minimum Gasteiger partial charge on any atom is -0.462 e. The molecule has 2 aromatic rings. The molecule has 1 amide bonds. The normalized spacial score (nSPS) is 20.8. The predicted molar refractivity (Wildman–Crippen MR) is 99.3 cm³/mol. The zero-order chi connectivity index (χ0) is 18.2. The summed E-state index contributed by atoms with van der Waals surface area (Å²) in [6.07, 6.45) is 0.372. The number of anilines is 1.